The Hall–Kier alpha value is -2.82. The van der Waals surface area contributed by atoms with Gasteiger partial charge in [0.25, 0.3) is 0 Å². The van der Waals surface area contributed by atoms with Crippen LogP contribution in [0.15, 0.2) is 54.6 Å². The highest BCUT2D eigenvalue weighted by Gasteiger charge is 2.29. The lowest BCUT2D eigenvalue weighted by Crippen LogP contribution is -2.54. The number of fused-ring (bicyclic) bond motifs is 1. The van der Waals surface area contributed by atoms with Crippen LogP contribution in [0.5, 0.6) is 0 Å². The van der Waals surface area contributed by atoms with Crippen molar-refractivity contribution < 1.29 is 9.59 Å². The highest BCUT2D eigenvalue weighted by atomic mass is 16.2. The van der Waals surface area contributed by atoms with E-state index in [0.29, 0.717) is 19.6 Å². The smallest absolute Gasteiger partial charge is 0.315 e. The Bertz CT molecular complexity index is 778. The van der Waals surface area contributed by atoms with Crippen molar-refractivity contribution in [3.63, 3.8) is 0 Å². The van der Waals surface area contributed by atoms with Gasteiger partial charge in [0.2, 0.25) is 5.91 Å². The number of benzene rings is 2. The number of urea groups is 1. The van der Waals surface area contributed by atoms with E-state index in [1.807, 2.05) is 61.2 Å². The SMILES string of the molecule is CC(C)C(NC(=O)NCc1ccccc1)C(=O)N1CCc2ccccc2CC1. The van der Waals surface area contributed by atoms with Crippen LogP contribution in [0.2, 0.25) is 0 Å². The fourth-order valence-corrected chi connectivity index (χ4v) is 3.57. The number of nitrogens with zero attached hydrogens (tertiary/aromatic N) is 1. The van der Waals surface area contributed by atoms with Crippen LogP contribution >= 0.6 is 0 Å². The Labute approximate surface area is 167 Å². The van der Waals surface area contributed by atoms with Crippen LogP contribution in [0.3, 0.4) is 0 Å². The van der Waals surface area contributed by atoms with Gasteiger partial charge in [-0.15, -0.1) is 0 Å². The van der Waals surface area contributed by atoms with Gasteiger partial charge in [0.05, 0.1) is 0 Å². The predicted octanol–water partition coefficient (Wildman–Crippen LogP) is 3.14. The second kappa shape index (κ2) is 9.40. The highest BCUT2D eigenvalue weighted by molar-refractivity contribution is 5.87. The molecule has 1 atom stereocenters. The van der Waals surface area contributed by atoms with Gasteiger partial charge in [0, 0.05) is 19.6 Å². The third-order valence-corrected chi connectivity index (χ3v) is 5.25. The van der Waals surface area contributed by atoms with Gasteiger partial charge in [-0.25, -0.2) is 4.79 Å². The molecule has 1 aliphatic rings. The Morgan fingerprint density at radius 2 is 1.50 bits per heavy atom. The summed E-state index contributed by atoms with van der Waals surface area (Å²) >= 11 is 0. The number of nitrogens with one attached hydrogen (secondary N) is 2. The van der Waals surface area contributed by atoms with Crippen molar-refractivity contribution in [1.29, 1.82) is 0 Å². The first kappa shape index (κ1) is 19.9. The molecule has 0 aromatic heterocycles. The molecular formula is C23H29N3O2. The summed E-state index contributed by atoms with van der Waals surface area (Å²) in [5.41, 5.74) is 3.65. The fourth-order valence-electron chi connectivity index (χ4n) is 3.57. The fraction of sp³-hybridized carbons (Fsp3) is 0.391. The number of rotatable bonds is 5. The van der Waals surface area contributed by atoms with Gasteiger partial charge in [-0.2, -0.15) is 0 Å². The predicted molar refractivity (Wildman–Crippen MR) is 111 cm³/mol. The standard InChI is InChI=1S/C23H29N3O2/c1-17(2)21(25-23(28)24-16-18-8-4-3-5-9-18)22(27)26-14-12-19-10-6-7-11-20(19)13-15-26/h3-11,17,21H,12-16H2,1-2H3,(H2,24,25,28). The molecule has 3 amide bonds. The Morgan fingerprint density at radius 1 is 0.929 bits per heavy atom. The molecular weight excluding hydrogens is 350 g/mol. The summed E-state index contributed by atoms with van der Waals surface area (Å²) in [5, 5.41) is 5.73. The number of hydrogen-bond acceptors (Lipinski definition) is 2. The second-order valence-corrected chi connectivity index (χ2v) is 7.63. The summed E-state index contributed by atoms with van der Waals surface area (Å²) in [4.78, 5) is 27.4. The average Bonchev–Trinajstić information content (AvgIpc) is 2.93. The molecule has 0 aliphatic carbocycles. The van der Waals surface area contributed by atoms with Crippen LogP contribution in [-0.4, -0.2) is 36.0 Å². The molecule has 1 aliphatic heterocycles. The van der Waals surface area contributed by atoms with E-state index in [0.717, 1.165) is 18.4 Å². The van der Waals surface area contributed by atoms with Crippen LogP contribution in [0.1, 0.15) is 30.5 Å². The van der Waals surface area contributed by atoms with E-state index in [9.17, 15) is 9.59 Å². The molecule has 2 aromatic rings. The van der Waals surface area contributed by atoms with Crippen LogP contribution < -0.4 is 10.6 Å². The number of carbonyl (C=O) groups excluding carboxylic acids is 2. The Kier molecular flexibility index (Phi) is 6.69. The topological polar surface area (TPSA) is 61.4 Å². The van der Waals surface area contributed by atoms with Crippen LogP contribution in [0.4, 0.5) is 4.79 Å². The van der Waals surface area contributed by atoms with Gasteiger partial charge in [0.15, 0.2) is 0 Å². The molecule has 148 valence electrons. The lowest BCUT2D eigenvalue weighted by molar-refractivity contribution is -0.134. The number of hydrogen-bond donors (Lipinski definition) is 2. The van der Waals surface area contributed by atoms with Crippen LogP contribution in [-0.2, 0) is 24.2 Å². The summed E-state index contributed by atoms with van der Waals surface area (Å²) in [6.45, 7) is 5.74. The number of carbonyl (C=O) groups is 2. The molecule has 3 rings (SSSR count). The van der Waals surface area contributed by atoms with Gasteiger partial charge in [-0.1, -0.05) is 68.4 Å². The van der Waals surface area contributed by atoms with Crippen LogP contribution in [0, 0.1) is 5.92 Å². The zero-order valence-electron chi connectivity index (χ0n) is 16.7. The maximum atomic E-state index is 13.1. The molecule has 0 fully saturated rings. The summed E-state index contributed by atoms with van der Waals surface area (Å²) in [5.74, 6) is 0.0123. The van der Waals surface area contributed by atoms with Gasteiger partial charge in [-0.3, -0.25) is 4.79 Å². The molecule has 2 N–H and O–H groups in total. The van der Waals surface area contributed by atoms with E-state index >= 15 is 0 Å². The molecule has 5 nitrogen and oxygen atoms in total. The summed E-state index contributed by atoms with van der Waals surface area (Å²) in [6, 6.07) is 17.3. The van der Waals surface area contributed by atoms with Gasteiger partial charge >= 0.3 is 6.03 Å². The first-order valence-electron chi connectivity index (χ1n) is 9.98. The molecule has 5 heteroatoms. The minimum Gasteiger partial charge on any atom is -0.340 e. The van der Waals surface area contributed by atoms with Gasteiger partial charge in [0.1, 0.15) is 6.04 Å². The quantitative estimate of drug-likeness (QED) is 0.838. The minimum atomic E-state index is -0.531. The zero-order chi connectivity index (χ0) is 19.9. The van der Waals surface area contributed by atoms with Crippen molar-refractivity contribution in [2.45, 2.75) is 39.3 Å². The van der Waals surface area contributed by atoms with Crippen molar-refractivity contribution in [3.8, 4) is 0 Å². The van der Waals surface area contributed by atoms with Crippen molar-refractivity contribution in [3.05, 3.63) is 71.3 Å². The molecule has 1 unspecified atom stereocenters. The number of amides is 3. The molecule has 1 heterocycles. The van der Waals surface area contributed by atoms with Gasteiger partial charge < -0.3 is 15.5 Å². The van der Waals surface area contributed by atoms with E-state index in [1.54, 1.807) is 0 Å². The maximum Gasteiger partial charge on any atom is 0.315 e. The van der Waals surface area contributed by atoms with Crippen molar-refractivity contribution in [2.24, 2.45) is 5.92 Å². The lowest BCUT2D eigenvalue weighted by atomic mass is 10.0. The Morgan fingerprint density at radius 3 is 2.07 bits per heavy atom. The third-order valence-electron chi connectivity index (χ3n) is 5.25. The van der Waals surface area contributed by atoms with Crippen LogP contribution in [0.25, 0.3) is 0 Å². The molecule has 2 aromatic carbocycles. The third kappa shape index (κ3) is 5.12. The Balaban J connectivity index is 1.58. The zero-order valence-corrected chi connectivity index (χ0v) is 16.7. The van der Waals surface area contributed by atoms with Crippen molar-refractivity contribution in [2.75, 3.05) is 13.1 Å². The first-order chi connectivity index (χ1) is 13.5. The lowest BCUT2D eigenvalue weighted by Gasteiger charge is -2.29. The van der Waals surface area contributed by atoms with E-state index in [1.165, 1.54) is 11.1 Å². The highest BCUT2D eigenvalue weighted by Crippen LogP contribution is 2.17. The minimum absolute atomic E-state index is 0.00216. The molecule has 28 heavy (non-hydrogen) atoms. The average molecular weight is 380 g/mol. The molecule has 0 bridgehead atoms. The molecule has 0 radical (unpaired) electrons. The summed E-state index contributed by atoms with van der Waals surface area (Å²) in [6.07, 6.45) is 1.71. The summed E-state index contributed by atoms with van der Waals surface area (Å²) < 4.78 is 0. The van der Waals surface area contributed by atoms with E-state index < -0.39 is 6.04 Å². The molecule has 0 saturated carbocycles. The monoisotopic (exact) mass is 379 g/mol. The van der Waals surface area contributed by atoms with Crippen molar-refractivity contribution in [1.82, 2.24) is 15.5 Å². The second-order valence-electron chi connectivity index (χ2n) is 7.63. The largest absolute Gasteiger partial charge is 0.340 e. The summed E-state index contributed by atoms with van der Waals surface area (Å²) in [7, 11) is 0. The normalized spacial score (nSPS) is 14.8. The van der Waals surface area contributed by atoms with E-state index in [-0.39, 0.29) is 17.9 Å². The maximum absolute atomic E-state index is 13.1. The van der Waals surface area contributed by atoms with E-state index in [4.69, 9.17) is 0 Å². The van der Waals surface area contributed by atoms with E-state index in [2.05, 4.69) is 22.8 Å². The molecule has 0 spiro atoms. The van der Waals surface area contributed by atoms with Gasteiger partial charge in [-0.05, 0) is 35.4 Å². The molecule has 0 saturated heterocycles. The van der Waals surface area contributed by atoms with Crippen molar-refractivity contribution >= 4 is 11.9 Å². The first-order valence-corrected chi connectivity index (χ1v) is 9.98.